The zero-order valence-electron chi connectivity index (χ0n) is 15.5. The smallest absolute Gasteiger partial charge is 0.239 e. The van der Waals surface area contributed by atoms with Crippen LogP contribution in [0, 0.1) is 19.8 Å². The molecule has 2 amide bonds. The third-order valence-electron chi connectivity index (χ3n) is 5.03. The van der Waals surface area contributed by atoms with E-state index in [0.29, 0.717) is 25.9 Å². The van der Waals surface area contributed by atoms with E-state index < -0.39 is 5.92 Å². The van der Waals surface area contributed by atoms with Crippen molar-refractivity contribution in [2.24, 2.45) is 5.92 Å². The molecule has 0 bridgehead atoms. The Morgan fingerprint density at radius 1 is 1.31 bits per heavy atom. The van der Waals surface area contributed by atoms with E-state index in [1.807, 2.05) is 38.1 Å². The molecule has 1 aliphatic rings. The van der Waals surface area contributed by atoms with Crippen LogP contribution in [-0.4, -0.2) is 30.1 Å². The summed E-state index contributed by atoms with van der Waals surface area (Å²) in [6, 6.07) is 7.96. The molecule has 1 saturated heterocycles. The Bertz CT molecular complexity index is 776. The monoisotopic (exact) mass is 355 g/mol. The minimum absolute atomic E-state index is 0.121. The van der Waals surface area contributed by atoms with Crippen LogP contribution in [0.2, 0.25) is 0 Å². The van der Waals surface area contributed by atoms with Crippen molar-refractivity contribution >= 4 is 17.5 Å². The second-order valence-corrected chi connectivity index (χ2v) is 6.69. The fourth-order valence-electron chi connectivity index (χ4n) is 3.38. The highest BCUT2D eigenvalue weighted by atomic mass is 16.5. The molecule has 2 aromatic rings. The molecule has 138 valence electrons. The van der Waals surface area contributed by atoms with Gasteiger partial charge in [-0.05, 0) is 50.8 Å². The standard InChI is InChI=1S/C20H25N3O3/c1-4-15-5-7-16(8-6-15)23-12-10-18(20(23)25)19(24)21-11-9-17-13(2)22-26-14(17)3/h5-8,18H,4,9-12H2,1-3H3,(H,21,24)/t18-/m0/s1. The van der Waals surface area contributed by atoms with E-state index in [9.17, 15) is 9.59 Å². The molecule has 0 spiro atoms. The largest absolute Gasteiger partial charge is 0.361 e. The van der Waals surface area contributed by atoms with Gasteiger partial charge < -0.3 is 14.7 Å². The highest BCUT2D eigenvalue weighted by Crippen LogP contribution is 2.26. The first-order valence-electron chi connectivity index (χ1n) is 9.11. The Kier molecular flexibility index (Phi) is 5.40. The van der Waals surface area contributed by atoms with Crippen molar-refractivity contribution in [2.75, 3.05) is 18.0 Å². The van der Waals surface area contributed by atoms with Crippen LogP contribution in [0.3, 0.4) is 0 Å². The maximum absolute atomic E-state index is 12.6. The lowest BCUT2D eigenvalue weighted by Gasteiger charge is -2.17. The summed E-state index contributed by atoms with van der Waals surface area (Å²) in [7, 11) is 0. The molecule has 1 aliphatic heterocycles. The van der Waals surface area contributed by atoms with Gasteiger partial charge in [-0.1, -0.05) is 24.2 Å². The normalized spacial score (nSPS) is 17.0. The lowest BCUT2D eigenvalue weighted by atomic mass is 10.1. The van der Waals surface area contributed by atoms with Crippen LogP contribution in [0.5, 0.6) is 0 Å². The van der Waals surface area contributed by atoms with E-state index in [1.165, 1.54) is 5.56 Å². The molecule has 3 rings (SSSR count). The molecule has 1 aromatic heterocycles. The molecule has 6 nitrogen and oxygen atoms in total. The minimum Gasteiger partial charge on any atom is -0.361 e. The van der Waals surface area contributed by atoms with Gasteiger partial charge in [0.1, 0.15) is 11.7 Å². The number of amides is 2. The first kappa shape index (κ1) is 18.2. The summed E-state index contributed by atoms with van der Waals surface area (Å²) in [5.74, 6) is -0.153. The van der Waals surface area contributed by atoms with Crippen molar-refractivity contribution in [3.8, 4) is 0 Å². The van der Waals surface area contributed by atoms with Crippen LogP contribution in [0.15, 0.2) is 28.8 Å². The van der Waals surface area contributed by atoms with Crippen molar-refractivity contribution in [2.45, 2.75) is 40.0 Å². The fourth-order valence-corrected chi connectivity index (χ4v) is 3.38. The van der Waals surface area contributed by atoms with Crippen molar-refractivity contribution in [1.29, 1.82) is 0 Å². The summed E-state index contributed by atoms with van der Waals surface area (Å²) in [5.41, 5.74) is 3.95. The van der Waals surface area contributed by atoms with Crippen molar-refractivity contribution in [3.05, 3.63) is 46.8 Å². The third-order valence-corrected chi connectivity index (χ3v) is 5.03. The number of aromatic nitrogens is 1. The predicted octanol–water partition coefficient (Wildman–Crippen LogP) is 2.57. The lowest BCUT2D eigenvalue weighted by molar-refractivity contribution is -0.132. The second-order valence-electron chi connectivity index (χ2n) is 6.69. The molecular weight excluding hydrogens is 330 g/mol. The number of rotatable bonds is 6. The Hall–Kier alpha value is -2.63. The van der Waals surface area contributed by atoms with Crippen LogP contribution in [0.4, 0.5) is 5.69 Å². The minimum atomic E-state index is -0.606. The fraction of sp³-hybridized carbons (Fsp3) is 0.450. The van der Waals surface area contributed by atoms with E-state index in [-0.39, 0.29) is 11.8 Å². The summed E-state index contributed by atoms with van der Waals surface area (Å²) < 4.78 is 5.13. The number of carbonyl (C=O) groups excluding carboxylic acids is 2. The number of anilines is 1. The maximum Gasteiger partial charge on any atom is 0.239 e. The molecule has 1 atom stereocenters. The number of hydrogen-bond acceptors (Lipinski definition) is 4. The van der Waals surface area contributed by atoms with Crippen LogP contribution < -0.4 is 10.2 Å². The van der Waals surface area contributed by atoms with Gasteiger partial charge >= 0.3 is 0 Å². The van der Waals surface area contributed by atoms with Gasteiger partial charge in [0.2, 0.25) is 11.8 Å². The molecule has 0 radical (unpaired) electrons. The summed E-state index contributed by atoms with van der Waals surface area (Å²) in [4.78, 5) is 26.8. The SMILES string of the molecule is CCc1ccc(N2CC[C@@H](C(=O)NCCc3c(C)noc3C)C2=O)cc1. The van der Waals surface area contributed by atoms with Crippen molar-refractivity contribution in [1.82, 2.24) is 10.5 Å². The van der Waals surface area contributed by atoms with Gasteiger partial charge in [0.15, 0.2) is 0 Å². The highest BCUT2D eigenvalue weighted by Gasteiger charge is 2.37. The quantitative estimate of drug-likeness (QED) is 0.808. The Morgan fingerprint density at radius 2 is 2.04 bits per heavy atom. The van der Waals surface area contributed by atoms with Crippen molar-refractivity contribution < 1.29 is 14.1 Å². The molecule has 0 saturated carbocycles. The third kappa shape index (κ3) is 3.64. The second kappa shape index (κ2) is 7.72. The predicted molar refractivity (Wildman–Crippen MR) is 99.0 cm³/mol. The van der Waals surface area contributed by atoms with Crippen LogP contribution in [0.1, 0.15) is 35.9 Å². The van der Waals surface area contributed by atoms with Gasteiger partial charge in [0, 0.05) is 24.3 Å². The molecule has 1 fully saturated rings. The topological polar surface area (TPSA) is 75.4 Å². The first-order chi connectivity index (χ1) is 12.5. The molecule has 26 heavy (non-hydrogen) atoms. The van der Waals surface area contributed by atoms with Gasteiger partial charge in [0.05, 0.1) is 5.69 Å². The van der Waals surface area contributed by atoms with Crippen LogP contribution in [-0.2, 0) is 22.4 Å². The first-order valence-corrected chi connectivity index (χ1v) is 9.11. The van der Waals surface area contributed by atoms with Gasteiger partial charge in [-0.25, -0.2) is 0 Å². The van der Waals surface area contributed by atoms with Crippen molar-refractivity contribution in [3.63, 3.8) is 0 Å². The zero-order chi connectivity index (χ0) is 18.7. The Labute approximate surface area is 153 Å². The summed E-state index contributed by atoms with van der Waals surface area (Å²) in [6.07, 6.45) is 2.16. The van der Waals surface area contributed by atoms with Gasteiger partial charge in [-0.15, -0.1) is 0 Å². The Morgan fingerprint density at radius 3 is 2.65 bits per heavy atom. The number of benzene rings is 1. The lowest BCUT2D eigenvalue weighted by Crippen LogP contribution is -2.37. The Balaban J connectivity index is 1.56. The van der Waals surface area contributed by atoms with E-state index in [2.05, 4.69) is 17.4 Å². The number of nitrogens with zero attached hydrogens (tertiary/aromatic N) is 2. The summed E-state index contributed by atoms with van der Waals surface area (Å²) in [6.45, 7) is 6.89. The summed E-state index contributed by atoms with van der Waals surface area (Å²) in [5, 5.41) is 6.79. The highest BCUT2D eigenvalue weighted by molar-refractivity contribution is 6.09. The van der Waals surface area contributed by atoms with Gasteiger partial charge in [0.25, 0.3) is 0 Å². The number of hydrogen-bond donors (Lipinski definition) is 1. The number of nitrogens with one attached hydrogen (secondary N) is 1. The average molecular weight is 355 g/mol. The van der Waals surface area contributed by atoms with Crippen LogP contribution in [0.25, 0.3) is 0 Å². The van der Waals surface area contributed by atoms with Gasteiger partial charge in [-0.2, -0.15) is 0 Å². The summed E-state index contributed by atoms with van der Waals surface area (Å²) >= 11 is 0. The van der Waals surface area contributed by atoms with E-state index >= 15 is 0 Å². The van der Waals surface area contributed by atoms with E-state index in [1.54, 1.807) is 4.90 Å². The van der Waals surface area contributed by atoms with E-state index in [4.69, 9.17) is 4.52 Å². The maximum atomic E-state index is 12.6. The molecular formula is C20H25N3O3. The number of aryl methyl sites for hydroxylation is 3. The molecule has 6 heteroatoms. The van der Waals surface area contributed by atoms with Crippen LogP contribution >= 0.6 is 0 Å². The number of carbonyl (C=O) groups is 2. The molecule has 1 aromatic carbocycles. The van der Waals surface area contributed by atoms with E-state index in [0.717, 1.165) is 29.1 Å². The molecule has 1 N–H and O–H groups in total. The zero-order valence-corrected chi connectivity index (χ0v) is 15.5. The van der Waals surface area contributed by atoms with Gasteiger partial charge in [-0.3, -0.25) is 9.59 Å². The average Bonchev–Trinajstić information content (AvgIpc) is 3.18. The molecule has 2 heterocycles. The molecule has 0 unspecified atom stereocenters. The molecule has 0 aliphatic carbocycles.